The third-order valence-electron chi connectivity index (χ3n) is 4.40. The van der Waals surface area contributed by atoms with E-state index in [0.717, 1.165) is 18.4 Å². The number of carbonyl (C=O) groups excluding carboxylic acids is 3. The van der Waals surface area contributed by atoms with E-state index in [1.807, 2.05) is 6.07 Å². The Morgan fingerprint density at radius 3 is 2.83 bits per heavy atom. The van der Waals surface area contributed by atoms with Crippen LogP contribution in [-0.4, -0.2) is 41.8 Å². The minimum Gasteiger partial charge on any atom is -0.493 e. The maximum absolute atomic E-state index is 12.6. The van der Waals surface area contributed by atoms with Crippen molar-refractivity contribution in [2.75, 3.05) is 13.2 Å². The summed E-state index contributed by atoms with van der Waals surface area (Å²) in [6, 6.07) is 4.76. The average Bonchev–Trinajstić information content (AvgIpc) is 2.89. The summed E-state index contributed by atoms with van der Waals surface area (Å²) in [6.45, 7) is 1.49. The number of fused-ring (bicyclic) bond motifs is 1. The van der Waals surface area contributed by atoms with Crippen LogP contribution >= 0.6 is 0 Å². The number of nitrogens with zero attached hydrogens (tertiary/aromatic N) is 1. The molecule has 2 aliphatic rings. The molecule has 0 spiro atoms. The van der Waals surface area contributed by atoms with Crippen LogP contribution in [0.2, 0.25) is 0 Å². The van der Waals surface area contributed by atoms with E-state index in [4.69, 9.17) is 10.5 Å². The summed E-state index contributed by atoms with van der Waals surface area (Å²) in [4.78, 5) is 37.5. The van der Waals surface area contributed by atoms with Gasteiger partial charge in [0.25, 0.3) is 5.91 Å². The number of unbranched alkanes of at least 4 members (excludes halogenated alkanes) is 1. The first-order valence-electron chi connectivity index (χ1n) is 8.21. The molecule has 3 amide bonds. The SMILES string of the molecule is NCCCCOc1cccc2c1CN(C1CCC(=O)NC1=O)C2=O. The molecular formula is C17H21N3O4. The van der Waals surface area contributed by atoms with E-state index in [0.29, 0.717) is 37.4 Å². The average molecular weight is 331 g/mol. The summed E-state index contributed by atoms with van der Waals surface area (Å²) in [5.41, 5.74) is 6.84. The van der Waals surface area contributed by atoms with Gasteiger partial charge in [-0.2, -0.15) is 0 Å². The van der Waals surface area contributed by atoms with Gasteiger partial charge < -0.3 is 15.4 Å². The summed E-state index contributed by atoms with van der Waals surface area (Å²) in [5, 5.41) is 2.30. The standard InChI is InChI=1S/C17H21N3O4/c18-8-1-2-9-24-14-5-3-4-11-12(14)10-20(17(11)23)13-6-7-15(21)19-16(13)22/h3-5,13H,1-2,6-10,18H2,(H,19,21,22). The molecular weight excluding hydrogens is 310 g/mol. The van der Waals surface area contributed by atoms with Gasteiger partial charge in [0.15, 0.2) is 0 Å². The van der Waals surface area contributed by atoms with E-state index < -0.39 is 11.9 Å². The highest BCUT2D eigenvalue weighted by atomic mass is 16.5. The van der Waals surface area contributed by atoms with Crippen molar-refractivity contribution < 1.29 is 19.1 Å². The van der Waals surface area contributed by atoms with Gasteiger partial charge in [-0.25, -0.2) is 0 Å². The summed E-state index contributed by atoms with van der Waals surface area (Å²) in [6.07, 6.45) is 2.34. The van der Waals surface area contributed by atoms with Gasteiger partial charge >= 0.3 is 0 Å². The smallest absolute Gasteiger partial charge is 0.255 e. The maximum Gasteiger partial charge on any atom is 0.255 e. The molecule has 0 radical (unpaired) electrons. The number of ether oxygens (including phenoxy) is 1. The quantitative estimate of drug-likeness (QED) is 0.586. The molecule has 0 bridgehead atoms. The number of piperidine rings is 1. The second-order valence-electron chi connectivity index (χ2n) is 6.03. The highest BCUT2D eigenvalue weighted by Crippen LogP contribution is 2.33. The van der Waals surface area contributed by atoms with Crippen molar-refractivity contribution in [2.45, 2.75) is 38.3 Å². The van der Waals surface area contributed by atoms with Crippen LogP contribution in [0.3, 0.4) is 0 Å². The van der Waals surface area contributed by atoms with E-state index in [9.17, 15) is 14.4 Å². The number of nitrogens with two attached hydrogens (primary N) is 1. The number of carbonyl (C=O) groups is 3. The molecule has 1 aromatic rings. The minimum absolute atomic E-state index is 0.188. The number of rotatable bonds is 6. The fourth-order valence-corrected chi connectivity index (χ4v) is 3.12. The van der Waals surface area contributed by atoms with Crippen molar-refractivity contribution >= 4 is 17.7 Å². The lowest BCUT2D eigenvalue weighted by Gasteiger charge is -2.29. The van der Waals surface area contributed by atoms with Crippen molar-refractivity contribution in [3.05, 3.63) is 29.3 Å². The zero-order valence-electron chi connectivity index (χ0n) is 13.4. The van der Waals surface area contributed by atoms with Crippen LogP contribution in [0.5, 0.6) is 5.75 Å². The third-order valence-corrected chi connectivity index (χ3v) is 4.40. The summed E-state index contributed by atoms with van der Waals surface area (Å²) >= 11 is 0. The van der Waals surface area contributed by atoms with Crippen LogP contribution < -0.4 is 15.8 Å². The Bertz CT molecular complexity index is 674. The second-order valence-corrected chi connectivity index (χ2v) is 6.03. The molecule has 7 heteroatoms. The number of hydrogen-bond acceptors (Lipinski definition) is 5. The Hall–Kier alpha value is -2.41. The largest absolute Gasteiger partial charge is 0.493 e. The topological polar surface area (TPSA) is 102 Å². The van der Waals surface area contributed by atoms with E-state index in [1.54, 1.807) is 12.1 Å². The Kier molecular flexibility index (Phi) is 4.80. The van der Waals surface area contributed by atoms with E-state index >= 15 is 0 Å². The van der Waals surface area contributed by atoms with Crippen molar-refractivity contribution in [1.82, 2.24) is 10.2 Å². The molecule has 2 aliphatic heterocycles. The lowest BCUT2D eigenvalue weighted by molar-refractivity contribution is -0.136. The molecule has 0 aliphatic carbocycles. The maximum atomic E-state index is 12.6. The Morgan fingerprint density at radius 2 is 2.08 bits per heavy atom. The summed E-state index contributed by atoms with van der Waals surface area (Å²) < 4.78 is 5.79. The van der Waals surface area contributed by atoms with Crippen LogP contribution in [0.25, 0.3) is 0 Å². The first-order valence-corrected chi connectivity index (χ1v) is 8.21. The normalized spacial score (nSPS) is 20.1. The Morgan fingerprint density at radius 1 is 1.25 bits per heavy atom. The molecule has 1 fully saturated rings. The van der Waals surface area contributed by atoms with Crippen molar-refractivity contribution in [2.24, 2.45) is 5.73 Å². The molecule has 7 nitrogen and oxygen atoms in total. The molecule has 24 heavy (non-hydrogen) atoms. The third kappa shape index (κ3) is 3.12. The number of benzene rings is 1. The molecule has 1 atom stereocenters. The molecule has 0 aromatic heterocycles. The van der Waals surface area contributed by atoms with Crippen molar-refractivity contribution in [1.29, 1.82) is 0 Å². The van der Waals surface area contributed by atoms with Gasteiger partial charge in [-0.1, -0.05) is 6.07 Å². The fourth-order valence-electron chi connectivity index (χ4n) is 3.12. The number of amides is 3. The van der Waals surface area contributed by atoms with Gasteiger partial charge in [-0.15, -0.1) is 0 Å². The van der Waals surface area contributed by atoms with Crippen molar-refractivity contribution in [3.63, 3.8) is 0 Å². The molecule has 1 aromatic carbocycles. The number of imide groups is 1. The zero-order chi connectivity index (χ0) is 17.1. The Labute approximate surface area is 140 Å². The predicted molar refractivity (Wildman–Crippen MR) is 86.3 cm³/mol. The molecule has 128 valence electrons. The van der Waals surface area contributed by atoms with E-state index in [2.05, 4.69) is 5.32 Å². The first kappa shape index (κ1) is 16.4. The first-order chi connectivity index (χ1) is 11.6. The van der Waals surface area contributed by atoms with E-state index in [1.165, 1.54) is 4.90 Å². The highest BCUT2D eigenvalue weighted by Gasteiger charge is 2.40. The minimum atomic E-state index is -0.604. The summed E-state index contributed by atoms with van der Waals surface area (Å²) in [7, 11) is 0. The lowest BCUT2D eigenvalue weighted by atomic mass is 10.0. The van der Waals surface area contributed by atoms with Gasteiger partial charge in [0.1, 0.15) is 11.8 Å². The van der Waals surface area contributed by atoms with Gasteiger partial charge in [0.2, 0.25) is 11.8 Å². The van der Waals surface area contributed by atoms with Crippen LogP contribution in [-0.2, 0) is 16.1 Å². The lowest BCUT2D eigenvalue weighted by Crippen LogP contribution is -2.52. The van der Waals surface area contributed by atoms with Crippen LogP contribution in [0.4, 0.5) is 0 Å². The Balaban J connectivity index is 1.75. The molecule has 0 saturated carbocycles. The molecule has 3 N–H and O–H groups in total. The second kappa shape index (κ2) is 7.00. The summed E-state index contributed by atoms with van der Waals surface area (Å²) in [5.74, 6) is -0.207. The fraction of sp³-hybridized carbons (Fsp3) is 0.471. The van der Waals surface area contributed by atoms with Gasteiger partial charge in [-0.05, 0) is 37.9 Å². The predicted octanol–water partition coefficient (Wildman–Crippen LogP) is 0.565. The van der Waals surface area contributed by atoms with E-state index in [-0.39, 0.29) is 18.2 Å². The van der Waals surface area contributed by atoms with Crippen molar-refractivity contribution in [3.8, 4) is 5.75 Å². The van der Waals surface area contributed by atoms with Crippen LogP contribution in [0.1, 0.15) is 41.6 Å². The highest BCUT2D eigenvalue weighted by molar-refractivity contribution is 6.05. The molecule has 3 rings (SSSR count). The molecule has 2 heterocycles. The monoisotopic (exact) mass is 331 g/mol. The number of hydrogen-bond donors (Lipinski definition) is 2. The van der Waals surface area contributed by atoms with Gasteiger partial charge in [0, 0.05) is 17.5 Å². The molecule has 1 unspecified atom stereocenters. The van der Waals surface area contributed by atoms with Gasteiger partial charge in [0.05, 0.1) is 13.2 Å². The zero-order valence-corrected chi connectivity index (χ0v) is 13.4. The molecule has 1 saturated heterocycles. The van der Waals surface area contributed by atoms with Crippen LogP contribution in [0, 0.1) is 0 Å². The number of nitrogens with one attached hydrogen (secondary N) is 1. The van der Waals surface area contributed by atoms with Gasteiger partial charge in [-0.3, -0.25) is 19.7 Å². The van der Waals surface area contributed by atoms with Crippen LogP contribution in [0.15, 0.2) is 18.2 Å².